The molecule has 0 amide bonds. The molecule has 1 heterocycles. The van der Waals surface area contributed by atoms with E-state index in [0.717, 1.165) is 44.1 Å². The predicted octanol–water partition coefficient (Wildman–Crippen LogP) is 4.40. The molecule has 1 aliphatic heterocycles. The van der Waals surface area contributed by atoms with Gasteiger partial charge in [-0.25, -0.2) is 0 Å². The highest BCUT2D eigenvalue weighted by Crippen LogP contribution is 2.44. The minimum Gasteiger partial charge on any atom is -0.506 e. The van der Waals surface area contributed by atoms with Crippen molar-refractivity contribution >= 4 is 52.3 Å². The van der Waals surface area contributed by atoms with Crippen LogP contribution in [0.25, 0.3) is 0 Å². The Hall–Kier alpha value is 0.290. The van der Waals surface area contributed by atoms with Crippen LogP contribution in [0.5, 0.6) is 5.75 Å². The van der Waals surface area contributed by atoms with Gasteiger partial charge in [0.15, 0.2) is 0 Å². The molecule has 0 bridgehead atoms. The first kappa shape index (κ1) is 20.3. The lowest BCUT2D eigenvalue weighted by Gasteiger charge is -2.36. The van der Waals surface area contributed by atoms with Gasteiger partial charge in [0, 0.05) is 42.8 Å². The van der Waals surface area contributed by atoms with Crippen molar-refractivity contribution in [2.24, 2.45) is 5.92 Å². The second-order valence-corrected chi connectivity index (χ2v) is 7.10. The zero-order valence-corrected chi connectivity index (χ0v) is 16.2. The molecule has 1 saturated carbocycles. The number of piperazine rings is 1. The van der Waals surface area contributed by atoms with Crippen LogP contribution in [-0.4, -0.2) is 36.2 Å². The van der Waals surface area contributed by atoms with Crippen LogP contribution in [-0.2, 0) is 0 Å². The third-order valence-electron chi connectivity index (χ3n) is 4.26. The first-order valence-electron chi connectivity index (χ1n) is 7.28. The van der Waals surface area contributed by atoms with E-state index in [2.05, 4.69) is 26.1 Å². The van der Waals surface area contributed by atoms with E-state index in [9.17, 15) is 5.11 Å². The summed E-state index contributed by atoms with van der Waals surface area (Å²) in [6.45, 7) is 4.09. The fourth-order valence-electron chi connectivity index (χ4n) is 2.98. The molecule has 3 rings (SSSR count). The number of rotatable bonds is 4. The molecule has 0 aromatic heterocycles. The molecule has 0 radical (unpaired) electrons. The Morgan fingerprint density at radius 2 is 1.91 bits per heavy atom. The minimum absolute atomic E-state index is 0. The van der Waals surface area contributed by atoms with Crippen molar-refractivity contribution in [1.82, 2.24) is 10.2 Å². The maximum Gasteiger partial charge on any atom is 0.134 e. The van der Waals surface area contributed by atoms with Crippen molar-refractivity contribution in [2.75, 3.05) is 26.2 Å². The molecule has 1 aliphatic carbocycles. The van der Waals surface area contributed by atoms with Crippen LogP contribution in [0.1, 0.15) is 30.9 Å². The highest BCUT2D eigenvalue weighted by Gasteiger charge is 2.32. The second kappa shape index (κ2) is 8.95. The standard InChI is InChI=1S/C15H20BrClN2O.2ClH/c16-13-9-11(17)8-12(15(13)20)14(7-10-1-2-10)19-5-3-18-4-6-19;;/h8-10,14,18,20H,1-7H2;2*1H/t14-;;/m1../s1. The number of benzene rings is 1. The lowest BCUT2D eigenvalue weighted by Crippen LogP contribution is -2.45. The van der Waals surface area contributed by atoms with E-state index in [1.54, 1.807) is 6.07 Å². The molecule has 1 aromatic carbocycles. The first-order chi connectivity index (χ1) is 9.65. The van der Waals surface area contributed by atoms with Crippen molar-refractivity contribution < 1.29 is 5.11 Å². The Bertz CT molecular complexity index is 494. The van der Waals surface area contributed by atoms with Gasteiger partial charge in [-0.05, 0) is 40.4 Å². The van der Waals surface area contributed by atoms with Crippen LogP contribution < -0.4 is 5.32 Å². The van der Waals surface area contributed by atoms with Crippen molar-refractivity contribution in [3.05, 3.63) is 27.2 Å². The van der Waals surface area contributed by atoms with Crippen molar-refractivity contribution in [2.45, 2.75) is 25.3 Å². The van der Waals surface area contributed by atoms with Gasteiger partial charge in [-0.1, -0.05) is 24.4 Å². The normalized spacial score (nSPS) is 19.9. The van der Waals surface area contributed by atoms with Crippen LogP contribution in [0.4, 0.5) is 0 Å². The summed E-state index contributed by atoms with van der Waals surface area (Å²) in [6.07, 6.45) is 3.77. The molecule has 1 aromatic rings. The Kier molecular flexibility index (Phi) is 8.27. The van der Waals surface area contributed by atoms with Gasteiger partial charge in [0.2, 0.25) is 0 Å². The number of aromatic hydroxyl groups is 1. The summed E-state index contributed by atoms with van der Waals surface area (Å²) in [5.41, 5.74) is 0.971. The summed E-state index contributed by atoms with van der Waals surface area (Å²) in [6, 6.07) is 3.96. The summed E-state index contributed by atoms with van der Waals surface area (Å²) >= 11 is 9.59. The molecule has 7 heteroatoms. The highest BCUT2D eigenvalue weighted by molar-refractivity contribution is 9.10. The Labute approximate surface area is 157 Å². The van der Waals surface area contributed by atoms with Gasteiger partial charge in [0.1, 0.15) is 5.75 Å². The number of halogens is 4. The number of phenols is 1. The topological polar surface area (TPSA) is 35.5 Å². The van der Waals surface area contributed by atoms with E-state index in [4.69, 9.17) is 11.6 Å². The molecule has 0 spiro atoms. The monoisotopic (exact) mass is 430 g/mol. The van der Waals surface area contributed by atoms with Gasteiger partial charge in [0.25, 0.3) is 0 Å². The van der Waals surface area contributed by atoms with Gasteiger partial charge < -0.3 is 10.4 Å². The van der Waals surface area contributed by atoms with Crippen LogP contribution in [0.2, 0.25) is 5.02 Å². The van der Waals surface area contributed by atoms with E-state index in [1.807, 2.05) is 6.07 Å². The third-order valence-corrected chi connectivity index (χ3v) is 5.09. The molecule has 2 fully saturated rings. The lowest BCUT2D eigenvalue weighted by atomic mass is 9.97. The zero-order chi connectivity index (χ0) is 14.1. The van der Waals surface area contributed by atoms with E-state index in [0.29, 0.717) is 15.2 Å². The van der Waals surface area contributed by atoms with Gasteiger partial charge in [0.05, 0.1) is 4.47 Å². The van der Waals surface area contributed by atoms with E-state index in [-0.39, 0.29) is 30.9 Å². The molecule has 1 atom stereocenters. The molecular weight excluding hydrogens is 410 g/mol. The average molecular weight is 433 g/mol. The van der Waals surface area contributed by atoms with E-state index in [1.165, 1.54) is 12.8 Å². The number of hydrogen-bond donors (Lipinski definition) is 2. The maximum absolute atomic E-state index is 10.4. The minimum atomic E-state index is 0. The number of hydrogen-bond acceptors (Lipinski definition) is 3. The zero-order valence-electron chi connectivity index (χ0n) is 12.2. The molecular formula is C15H22BrCl3N2O. The van der Waals surface area contributed by atoms with Gasteiger partial charge in [-0.2, -0.15) is 0 Å². The molecule has 0 unspecified atom stereocenters. The third kappa shape index (κ3) is 4.89. The van der Waals surface area contributed by atoms with Crippen molar-refractivity contribution in [3.63, 3.8) is 0 Å². The van der Waals surface area contributed by atoms with E-state index < -0.39 is 0 Å². The molecule has 2 N–H and O–H groups in total. The largest absolute Gasteiger partial charge is 0.506 e. The second-order valence-electron chi connectivity index (χ2n) is 5.81. The Balaban J connectivity index is 0.00000121. The van der Waals surface area contributed by atoms with Crippen LogP contribution in [0.3, 0.4) is 0 Å². The number of nitrogens with one attached hydrogen (secondary N) is 1. The van der Waals surface area contributed by atoms with Crippen LogP contribution in [0.15, 0.2) is 16.6 Å². The number of nitrogens with zero attached hydrogens (tertiary/aromatic N) is 1. The Morgan fingerprint density at radius 1 is 1.27 bits per heavy atom. The summed E-state index contributed by atoms with van der Waals surface area (Å²) in [4.78, 5) is 2.48. The SMILES string of the molecule is Cl.Cl.Oc1c(Br)cc(Cl)cc1[C@@H](CC1CC1)N1CCNCC1. The lowest BCUT2D eigenvalue weighted by molar-refractivity contribution is 0.158. The molecule has 2 aliphatic rings. The maximum atomic E-state index is 10.4. The van der Waals surface area contributed by atoms with E-state index >= 15 is 0 Å². The summed E-state index contributed by atoms with van der Waals surface area (Å²) in [5.74, 6) is 1.16. The van der Waals surface area contributed by atoms with Crippen LogP contribution in [0, 0.1) is 5.92 Å². The molecule has 1 saturated heterocycles. The molecule has 126 valence electrons. The molecule has 22 heavy (non-hydrogen) atoms. The predicted molar refractivity (Wildman–Crippen MR) is 99.8 cm³/mol. The average Bonchev–Trinajstić information content (AvgIpc) is 3.25. The first-order valence-corrected chi connectivity index (χ1v) is 8.45. The van der Waals surface area contributed by atoms with Crippen molar-refractivity contribution in [3.8, 4) is 5.75 Å². The summed E-state index contributed by atoms with van der Waals surface area (Å²) < 4.78 is 0.691. The highest BCUT2D eigenvalue weighted by atomic mass is 79.9. The summed E-state index contributed by atoms with van der Waals surface area (Å²) in [5, 5.41) is 14.5. The smallest absolute Gasteiger partial charge is 0.134 e. The molecule has 3 nitrogen and oxygen atoms in total. The fourth-order valence-corrected chi connectivity index (χ4v) is 3.81. The van der Waals surface area contributed by atoms with Gasteiger partial charge in [-0.3, -0.25) is 4.90 Å². The fraction of sp³-hybridized carbons (Fsp3) is 0.600. The quantitative estimate of drug-likeness (QED) is 0.740. The van der Waals surface area contributed by atoms with Crippen LogP contribution >= 0.6 is 52.3 Å². The number of phenolic OH excluding ortho intramolecular Hbond substituents is 1. The van der Waals surface area contributed by atoms with Crippen molar-refractivity contribution in [1.29, 1.82) is 0 Å². The summed E-state index contributed by atoms with van der Waals surface area (Å²) in [7, 11) is 0. The Morgan fingerprint density at radius 3 is 2.50 bits per heavy atom. The van der Waals surface area contributed by atoms with Gasteiger partial charge >= 0.3 is 0 Å². The van der Waals surface area contributed by atoms with Gasteiger partial charge in [-0.15, -0.1) is 24.8 Å².